The minimum absolute atomic E-state index is 0.863. The van der Waals surface area contributed by atoms with Gasteiger partial charge in [0.05, 0.1) is 16.8 Å². The molecule has 0 aliphatic carbocycles. The lowest BCUT2D eigenvalue weighted by atomic mass is 9.94. The second-order valence-electron chi connectivity index (χ2n) is 14.5. The average Bonchev–Trinajstić information content (AvgIpc) is 3.81. The molecule has 3 nitrogen and oxygen atoms in total. The predicted octanol–water partition coefficient (Wildman–Crippen LogP) is 15.2. The van der Waals surface area contributed by atoms with Crippen LogP contribution in [0.4, 0.5) is 17.1 Å². The van der Waals surface area contributed by atoms with Crippen LogP contribution in [0.2, 0.25) is 0 Å². The SMILES string of the molecule is c1ccc(-c2ccc3c(c2)c(N(c2ccc4c(ccc5cc6oc7ccccc7c6cc54)c2)c2cccc4oc5ccccc5c24)cc2ccccc23)cc1. The van der Waals surface area contributed by atoms with Crippen molar-refractivity contribution in [2.24, 2.45) is 0 Å². The Labute approximate surface area is 315 Å². The van der Waals surface area contributed by atoms with E-state index >= 15 is 0 Å². The average molecular weight is 702 g/mol. The Morgan fingerprint density at radius 1 is 0.291 bits per heavy atom. The topological polar surface area (TPSA) is 29.5 Å². The van der Waals surface area contributed by atoms with Crippen LogP contribution < -0.4 is 4.90 Å². The monoisotopic (exact) mass is 701 g/mol. The molecule has 0 aliphatic rings. The molecule has 0 aliphatic heterocycles. The molecule has 12 rings (SSSR count). The van der Waals surface area contributed by atoms with Gasteiger partial charge >= 0.3 is 0 Å². The fraction of sp³-hybridized carbons (Fsp3) is 0. The Morgan fingerprint density at radius 2 is 0.945 bits per heavy atom. The first-order valence-electron chi connectivity index (χ1n) is 18.7. The van der Waals surface area contributed by atoms with Crippen molar-refractivity contribution in [1.29, 1.82) is 0 Å². The molecule has 0 saturated heterocycles. The Balaban J connectivity index is 1.17. The van der Waals surface area contributed by atoms with E-state index in [2.05, 4.69) is 175 Å². The van der Waals surface area contributed by atoms with E-state index in [0.717, 1.165) is 66.3 Å². The van der Waals surface area contributed by atoms with Crippen molar-refractivity contribution < 1.29 is 8.83 Å². The van der Waals surface area contributed by atoms with Crippen molar-refractivity contribution in [3.05, 3.63) is 188 Å². The van der Waals surface area contributed by atoms with Crippen LogP contribution in [-0.2, 0) is 0 Å². The molecule has 256 valence electrons. The van der Waals surface area contributed by atoms with E-state index in [9.17, 15) is 0 Å². The van der Waals surface area contributed by atoms with Crippen molar-refractivity contribution in [3.8, 4) is 11.1 Å². The van der Waals surface area contributed by atoms with Crippen LogP contribution in [0.5, 0.6) is 0 Å². The number of anilines is 3. The Morgan fingerprint density at radius 3 is 1.82 bits per heavy atom. The Bertz CT molecular complexity index is 3500. The molecule has 0 atom stereocenters. The summed E-state index contributed by atoms with van der Waals surface area (Å²) >= 11 is 0. The van der Waals surface area contributed by atoms with Gasteiger partial charge in [0.25, 0.3) is 0 Å². The van der Waals surface area contributed by atoms with E-state index in [1.807, 2.05) is 18.2 Å². The van der Waals surface area contributed by atoms with Crippen molar-refractivity contribution in [1.82, 2.24) is 0 Å². The first kappa shape index (κ1) is 30.1. The van der Waals surface area contributed by atoms with Crippen LogP contribution in [0.25, 0.3) is 98.1 Å². The second kappa shape index (κ2) is 11.6. The molecular weight excluding hydrogens is 671 g/mol. The zero-order chi connectivity index (χ0) is 36.0. The van der Waals surface area contributed by atoms with Crippen LogP contribution in [0, 0.1) is 0 Å². The maximum atomic E-state index is 6.49. The molecule has 0 bridgehead atoms. The van der Waals surface area contributed by atoms with E-state index in [-0.39, 0.29) is 0 Å². The molecule has 0 amide bonds. The minimum atomic E-state index is 0.863. The highest BCUT2D eigenvalue weighted by atomic mass is 16.3. The van der Waals surface area contributed by atoms with Gasteiger partial charge in [0, 0.05) is 27.2 Å². The lowest BCUT2D eigenvalue weighted by Gasteiger charge is -2.29. The number of benzene rings is 10. The zero-order valence-corrected chi connectivity index (χ0v) is 29.7. The molecule has 0 fully saturated rings. The fourth-order valence-electron chi connectivity index (χ4n) is 8.84. The molecule has 0 unspecified atom stereocenters. The summed E-state index contributed by atoms with van der Waals surface area (Å²) in [5.74, 6) is 0. The van der Waals surface area contributed by atoms with E-state index in [1.54, 1.807) is 0 Å². The summed E-state index contributed by atoms with van der Waals surface area (Å²) in [6.45, 7) is 0. The number of para-hydroxylation sites is 2. The van der Waals surface area contributed by atoms with Crippen molar-refractivity contribution in [3.63, 3.8) is 0 Å². The highest BCUT2D eigenvalue weighted by Gasteiger charge is 2.23. The quantitative estimate of drug-likeness (QED) is 0.171. The maximum Gasteiger partial charge on any atom is 0.137 e. The maximum absolute atomic E-state index is 6.49. The van der Waals surface area contributed by atoms with Crippen LogP contribution in [0.1, 0.15) is 0 Å². The molecule has 0 spiro atoms. The summed E-state index contributed by atoms with van der Waals surface area (Å²) in [6, 6.07) is 67.6. The number of rotatable bonds is 4. The molecule has 12 aromatic rings. The van der Waals surface area contributed by atoms with Crippen molar-refractivity contribution >= 4 is 104 Å². The third kappa shape index (κ3) is 4.57. The lowest BCUT2D eigenvalue weighted by Crippen LogP contribution is -2.11. The van der Waals surface area contributed by atoms with Crippen LogP contribution in [0.3, 0.4) is 0 Å². The van der Waals surface area contributed by atoms with Gasteiger partial charge in [-0.05, 0) is 109 Å². The molecule has 0 saturated carbocycles. The predicted molar refractivity (Wildman–Crippen MR) is 231 cm³/mol. The van der Waals surface area contributed by atoms with Gasteiger partial charge in [-0.15, -0.1) is 0 Å². The molecule has 0 N–H and O–H groups in total. The van der Waals surface area contributed by atoms with E-state index in [1.165, 1.54) is 48.8 Å². The third-order valence-corrected chi connectivity index (χ3v) is 11.4. The normalized spacial score (nSPS) is 12.0. The lowest BCUT2D eigenvalue weighted by molar-refractivity contribution is 0.669. The molecule has 10 aromatic carbocycles. The Kier molecular flexibility index (Phi) is 6.34. The number of nitrogens with zero attached hydrogens (tertiary/aromatic N) is 1. The van der Waals surface area contributed by atoms with E-state index < -0.39 is 0 Å². The molecule has 55 heavy (non-hydrogen) atoms. The summed E-state index contributed by atoms with van der Waals surface area (Å²) in [7, 11) is 0. The molecule has 3 heteroatoms. The van der Waals surface area contributed by atoms with Crippen molar-refractivity contribution in [2.45, 2.75) is 0 Å². The summed E-state index contributed by atoms with van der Waals surface area (Å²) in [6.07, 6.45) is 0. The first-order chi connectivity index (χ1) is 27.2. The molecule has 2 aromatic heterocycles. The Hall–Kier alpha value is -7.36. The van der Waals surface area contributed by atoms with Gasteiger partial charge in [-0.25, -0.2) is 0 Å². The minimum Gasteiger partial charge on any atom is -0.456 e. The van der Waals surface area contributed by atoms with Gasteiger partial charge in [-0.2, -0.15) is 0 Å². The molecule has 0 radical (unpaired) electrons. The largest absolute Gasteiger partial charge is 0.456 e. The van der Waals surface area contributed by atoms with Crippen LogP contribution in [-0.4, -0.2) is 0 Å². The van der Waals surface area contributed by atoms with Crippen LogP contribution >= 0.6 is 0 Å². The number of furan rings is 2. The smallest absolute Gasteiger partial charge is 0.137 e. The second-order valence-corrected chi connectivity index (χ2v) is 14.5. The summed E-state index contributed by atoms with van der Waals surface area (Å²) in [5.41, 5.74) is 9.18. The van der Waals surface area contributed by atoms with E-state index in [4.69, 9.17) is 8.83 Å². The van der Waals surface area contributed by atoms with E-state index in [0.29, 0.717) is 0 Å². The standard InChI is InChI=1S/C52H31NO2/c1-2-11-32(12-3-1)33-23-25-40-38-14-5-4-13-34(38)29-47(44(40)28-33)53(46-17-10-20-50-52(46)42-16-7-9-19-49(42)54-50)37-24-26-39-35(27-37)21-22-36-30-51-45(31-43(36)39)41-15-6-8-18-48(41)55-51/h1-31H. The van der Waals surface area contributed by atoms with Gasteiger partial charge in [0.2, 0.25) is 0 Å². The van der Waals surface area contributed by atoms with Gasteiger partial charge in [-0.1, -0.05) is 127 Å². The van der Waals surface area contributed by atoms with Crippen molar-refractivity contribution in [2.75, 3.05) is 4.90 Å². The number of hydrogen-bond donors (Lipinski definition) is 0. The van der Waals surface area contributed by atoms with Gasteiger partial charge < -0.3 is 13.7 Å². The molecule has 2 heterocycles. The number of fused-ring (bicyclic) bond motifs is 12. The fourth-order valence-corrected chi connectivity index (χ4v) is 8.84. The molecular formula is C52H31NO2. The first-order valence-corrected chi connectivity index (χ1v) is 18.7. The summed E-state index contributed by atoms with van der Waals surface area (Å²) < 4.78 is 12.8. The summed E-state index contributed by atoms with van der Waals surface area (Å²) in [4.78, 5) is 2.45. The number of hydrogen-bond acceptors (Lipinski definition) is 3. The summed E-state index contributed by atoms with van der Waals surface area (Å²) in [5, 5.41) is 14.0. The highest BCUT2D eigenvalue weighted by molar-refractivity contribution is 6.20. The van der Waals surface area contributed by atoms with Gasteiger partial charge in [0.15, 0.2) is 0 Å². The zero-order valence-electron chi connectivity index (χ0n) is 29.7. The van der Waals surface area contributed by atoms with Gasteiger partial charge in [-0.3, -0.25) is 0 Å². The highest BCUT2D eigenvalue weighted by Crippen LogP contribution is 2.48. The van der Waals surface area contributed by atoms with Crippen LogP contribution in [0.15, 0.2) is 197 Å². The third-order valence-electron chi connectivity index (χ3n) is 11.4. The van der Waals surface area contributed by atoms with Gasteiger partial charge in [0.1, 0.15) is 22.3 Å².